The second-order valence-corrected chi connectivity index (χ2v) is 13.2. The summed E-state index contributed by atoms with van der Waals surface area (Å²) in [6.07, 6.45) is 4.35. The molecule has 0 spiro atoms. The maximum absolute atomic E-state index is 16.8. The largest absolute Gasteiger partial charge is 0.508 e. The quantitative estimate of drug-likeness (QED) is 0.268. The van der Waals surface area contributed by atoms with Crippen LogP contribution < -0.4 is 15.0 Å². The number of halogens is 4. The van der Waals surface area contributed by atoms with Gasteiger partial charge < -0.3 is 20.1 Å². The number of nitrogens with zero attached hydrogens (tertiary/aromatic N) is 4. The number of aromatic hydroxyl groups is 1. The molecule has 44 heavy (non-hydrogen) atoms. The van der Waals surface area contributed by atoms with Crippen LogP contribution in [0.2, 0.25) is 5.02 Å². The van der Waals surface area contributed by atoms with E-state index in [4.69, 9.17) is 21.3 Å². The van der Waals surface area contributed by atoms with Crippen LogP contribution in [0.4, 0.5) is 19.0 Å². The van der Waals surface area contributed by atoms with Crippen LogP contribution in [0.3, 0.4) is 0 Å². The Morgan fingerprint density at radius 2 is 1.93 bits per heavy atom. The smallest absolute Gasteiger partial charge is 0.319 e. The summed E-state index contributed by atoms with van der Waals surface area (Å²) in [6.45, 7) is 2.81. The summed E-state index contributed by atoms with van der Waals surface area (Å²) in [5.41, 5.74) is -0.364. The Morgan fingerprint density at radius 1 is 1.07 bits per heavy atom. The van der Waals surface area contributed by atoms with E-state index in [1.54, 1.807) is 12.1 Å². The molecule has 4 aromatic rings. The highest BCUT2D eigenvalue weighted by atomic mass is 35.5. The van der Waals surface area contributed by atoms with Crippen LogP contribution in [-0.2, 0) is 0 Å². The van der Waals surface area contributed by atoms with Gasteiger partial charge in [-0.3, -0.25) is 4.90 Å². The van der Waals surface area contributed by atoms with Gasteiger partial charge in [-0.2, -0.15) is 9.97 Å². The van der Waals surface area contributed by atoms with Crippen LogP contribution in [-0.4, -0.2) is 76.6 Å². The van der Waals surface area contributed by atoms with Gasteiger partial charge in [0, 0.05) is 60.0 Å². The number of benzene rings is 3. The maximum Gasteiger partial charge on any atom is 0.319 e. The highest BCUT2D eigenvalue weighted by Gasteiger charge is 2.49. The van der Waals surface area contributed by atoms with E-state index in [0.717, 1.165) is 38.6 Å². The third-order valence-electron chi connectivity index (χ3n) is 10.1. The molecule has 230 valence electrons. The summed E-state index contributed by atoms with van der Waals surface area (Å²) in [4.78, 5) is 13.7. The van der Waals surface area contributed by atoms with Crippen molar-refractivity contribution in [3.8, 4) is 22.9 Å². The van der Waals surface area contributed by atoms with Crippen LogP contribution in [0, 0.1) is 11.6 Å². The van der Waals surface area contributed by atoms with E-state index < -0.39 is 23.3 Å². The molecule has 3 aromatic carbocycles. The highest BCUT2D eigenvalue weighted by molar-refractivity contribution is 6.35. The molecule has 4 saturated heterocycles. The standard InChI is InChI=1S/C33H33ClF3N5O2/c34-25-13-24-30(29(37)28(25)23-12-22(43)11-18-3-1-4-26(36)27(18)23)39-32(44-17-33-8-2-9-42(33)15-19(35)14-33)40-31(24)41-10-7-20-5-6-21(16-41)38-20/h1,3-4,11-13,19-21,38,43H,2,5-10,14-17H2/t19-,20-,21+,33+/m1/s1. The second kappa shape index (κ2) is 10.6. The van der Waals surface area contributed by atoms with Crippen LogP contribution in [0.15, 0.2) is 36.4 Å². The van der Waals surface area contributed by atoms with Crippen molar-refractivity contribution in [2.45, 2.75) is 62.3 Å². The van der Waals surface area contributed by atoms with Gasteiger partial charge in [-0.1, -0.05) is 23.7 Å². The monoisotopic (exact) mass is 623 g/mol. The number of alkyl halides is 1. The summed E-state index contributed by atoms with van der Waals surface area (Å²) >= 11 is 6.81. The highest BCUT2D eigenvalue weighted by Crippen LogP contribution is 2.44. The van der Waals surface area contributed by atoms with Crippen molar-refractivity contribution in [2.24, 2.45) is 0 Å². The molecule has 0 aliphatic carbocycles. The molecule has 0 unspecified atom stereocenters. The van der Waals surface area contributed by atoms with Crippen LogP contribution in [0.1, 0.15) is 38.5 Å². The van der Waals surface area contributed by atoms with Gasteiger partial charge in [0.25, 0.3) is 0 Å². The number of anilines is 1. The summed E-state index contributed by atoms with van der Waals surface area (Å²) in [6, 6.07) is 9.58. The molecule has 4 aliphatic heterocycles. The molecular weight excluding hydrogens is 591 g/mol. The molecule has 0 saturated carbocycles. The van der Waals surface area contributed by atoms with Gasteiger partial charge in [0.05, 0.1) is 10.6 Å². The normalized spacial score (nSPS) is 26.9. The molecule has 5 heterocycles. The SMILES string of the molecule is Oc1cc(-c2c(Cl)cc3c(N4CC[C@H]5CC[C@@H](C4)N5)nc(OC[C@@]45CCCN4C[C@H](F)C5)nc3c2F)c2c(F)cccc2c1. The topological polar surface area (TPSA) is 73.8 Å². The molecule has 0 radical (unpaired) electrons. The molecule has 4 fully saturated rings. The van der Waals surface area contributed by atoms with Gasteiger partial charge in [-0.25, -0.2) is 13.2 Å². The van der Waals surface area contributed by atoms with E-state index in [0.29, 0.717) is 48.7 Å². The Hall–Kier alpha value is -3.34. The molecule has 1 aromatic heterocycles. The zero-order valence-corrected chi connectivity index (χ0v) is 24.9. The molecular formula is C33H33ClF3N5O2. The number of rotatable bonds is 5. The van der Waals surface area contributed by atoms with Crippen LogP contribution in [0.5, 0.6) is 11.8 Å². The fourth-order valence-electron chi connectivity index (χ4n) is 8.06. The first kappa shape index (κ1) is 28.2. The first-order valence-corrected chi connectivity index (χ1v) is 15.8. The van der Waals surface area contributed by atoms with E-state index in [1.165, 1.54) is 24.3 Å². The lowest BCUT2D eigenvalue weighted by Gasteiger charge is -2.31. The third-order valence-corrected chi connectivity index (χ3v) is 10.4. The second-order valence-electron chi connectivity index (χ2n) is 12.8. The molecule has 7 nitrogen and oxygen atoms in total. The maximum atomic E-state index is 16.8. The summed E-state index contributed by atoms with van der Waals surface area (Å²) in [7, 11) is 0. The van der Waals surface area contributed by atoms with Gasteiger partial charge >= 0.3 is 6.01 Å². The van der Waals surface area contributed by atoms with Crippen molar-refractivity contribution in [3.05, 3.63) is 53.1 Å². The van der Waals surface area contributed by atoms with E-state index in [1.807, 2.05) is 0 Å². The summed E-state index contributed by atoms with van der Waals surface area (Å²) in [5, 5.41) is 15.2. The Bertz CT molecular complexity index is 1790. The lowest BCUT2D eigenvalue weighted by atomic mass is 9.95. The predicted octanol–water partition coefficient (Wildman–Crippen LogP) is 6.37. The molecule has 11 heteroatoms. The lowest BCUT2D eigenvalue weighted by molar-refractivity contribution is 0.107. The third kappa shape index (κ3) is 4.64. The predicted molar refractivity (Wildman–Crippen MR) is 164 cm³/mol. The number of ether oxygens (including phenoxy) is 1. The first-order valence-electron chi connectivity index (χ1n) is 15.4. The Morgan fingerprint density at radius 3 is 2.82 bits per heavy atom. The number of phenolic OH excluding ortho intramolecular Hbond substituents is 1. The summed E-state index contributed by atoms with van der Waals surface area (Å²) < 4.78 is 52.7. The van der Waals surface area contributed by atoms with Crippen molar-refractivity contribution in [2.75, 3.05) is 37.7 Å². The molecule has 0 amide bonds. The van der Waals surface area contributed by atoms with Crippen molar-refractivity contribution < 1.29 is 23.0 Å². The minimum absolute atomic E-state index is 0.00448. The van der Waals surface area contributed by atoms with E-state index in [2.05, 4.69) is 20.1 Å². The van der Waals surface area contributed by atoms with Crippen molar-refractivity contribution in [3.63, 3.8) is 0 Å². The van der Waals surface area contributed by atoms with Gasteiger partial charge in [0.15, 0.2) is 5.82 Å². The number of hydrogen-bond acceptors (Lipinski definition) is 7. The van der Waals surface area contributed by atoms with Crippen LogP contribution >= 0.6 is 11.6 Å². The number of hydrogen-bond donors (Lipinski definition) is 2. The average Bonchev–Trinajstić information content (AvgIpc) is 3.62. The van der Waals surface area contributed by atoms with Gasteiger partial charge in [-0.15, -0.1) is 0 Å². The fraction of sp³-hybridized carbons (Fsp3) is 0.455. The van der Waals surface area contributed by atoms with Gasteiger partial charge in [-0.05, 0) is 68.3 Å². The minimum atomic E-state index is -0.911. The Balaban J connectivity index is 1.28. The number of fused-ring (bicyclic) bond motifs is 5. The molecule has 2 bridgehead atoms. The van der Waals surface area contributed by atoms with E-state index in [9.17, 15) is 9.50 Å². The minimum Gasteiger partial charge on any atom is -0.508 e. The average molecular weight is 624 g/mol. The van der Waals surface area contributed by atoms with E-state index in [-0.39, 0.29) is 51.5 Å². The van der Waals surface area contributed by atoms with Gasteiger partial charge in [0.1, 0.15) is 35.7 Å². The molecule has 4 aliphatic rings. The zero-order valence-electron chi connectivity index (χ0n) is 24.1. The lowest BCUT2D eigenvalue weighted by Crippen LogP contribution is -2.43. The fourth-order valence-corrected chi connectivity index (χ4v) is 8.35. The molecule has 4 atom stereocenters. The number of phenols is 1. The van der Waals surface area contributed by atoms with E-state index >= 15 is 8.78 Å². The van der Waals surface area contributed by atoms with Crippen molar-refractivity contribution in [1.29, 1.82) is 0 Å². The first-order chi connectivity index (χ1) is 21.3. The zero-order chi connectivity index (χ0) is 30.2. The number of aromatic nitrogens is 2. The Kier molecular flexibility index (Phi) is 6.80. The van der Waals surface area contributed by atoms with Crippen LogP contribution in [0.25, 0.3) is 32.8 Å². The molecule has 2 N–H and O–H groups in total. The van der Waals surface area contributed by atoms with Gasteiger partial charge in [0.2, 0.25) is 0 Å². The number of nitrogens with one attached hydrogen (secondary N) is 1. The van der Waals surface area contributed by atoms with Crippen molar-refractivity contribution in [1.82, 2.24) is 20.2 Å². The molecule has 8 rings (SSSR count). The summed E-state index contributed by atoms with van der Waals surface area (Å²) in [5.74, 6) is -0.933. The Labute approximate surface area is 258 Å². The van der Waals surface area contributed by atoms with Crippen molar-refractivity contribution >= 4 is 39.1 Å².